The van der Waals surface area contributed by atoms with E-state index in [-0.39, 0.29) is 5.75 Å². The predicted octanol–water partition coefficient (Wildman–Crippen LogP) is 1.43. The van der Waals surface area contributed by atoms with Crippen molar-refractivity contribution >= 4 is 11.9 Å². The molecule has 0 bridgehead atoms. The minimum absolute atomic E-state index is 0.197. The van der Waals surface area contributed by atoms with Crippen LogP contribution in [0.25, 0.3) is 0 Å². The van der Waals surface area contributed by atoms with Crippen molar-refractivity contribution in [2.75, 3.05) is 6.61 Å². The van der Waals surface area contributed by atoms with Crippen LogP contribution in [0.2, 0.25) is 0 Å². The zero-order chi connectivity index (χ0) is 15.1. The highest BCUT2D eigenvalue weighted by molar-refractivity contribution is 5.84. The van der Waals surface area contributed by atoms with Crippen molar-refractivity contribution in [3.63, 3.8) is 0 Å². The fraction of sp³-hybridized carbons (Fsp3) is 0.333. The molecular weight excluding hydrogens is 279 g/mol. The summed E-state index contributed by atoms with van der Waals surface area (Å²) in [6.07, 6.45) is -3.84. The van der Waals surface area contributed by atoms with E-state index >= 15 is 0 Å². The molecule has 1 amide bonds. The van der Waals surface area contributed by atoms with Crippen molar-refractivity contribution in [3.8, 4) is 5.75 Å². The number of benzene rings is 1. The summed E-state index contributed by atoms with van der Waals surface area (Å²) >= 11 is 0. The maximum Gasteiger partial charge on any atom is 0.326 e. The second kappa shape index (κ2) is 7.37. The smallest absolute Gasteiger partial charge is 0.326 e. The molecule has 0 aliphatic heterocycles. The lowest BCUT2D eigenvalue weighted by molar-refractivity contribution is -0.143. The molecule has 1 atom stereocenters. The molecule has 5 nitrogen and oxygen atoms in total. The Bertz CT molecular complexity index is 464. The minimum Gasteiger partial charge on any atom is -0.484 e. The van der Waals surface area contributed by atoms with Gasteiger partial charge in [-0.1, -0.05) is 0 Å². The Hall–Kier alpha value is -2.25. The van der Waals surface area contributed by atoms with Crippen molar-refractivity contribution in [1.82, 2.24) is 5.32 Å². The average Bonchev–Trinajstić information content (AvgIpc) is 2.36. The summed E-state index contributed by atoms with van der Waals surface area (Å²) in [5.74, 6) is -2.70. The van der Waals surface area contributed by atoms with Crippen LogP contribution in [-0.4, -0.2) is 36.1 Å². The van der Waals surface area contributed by atoms with Gasteiger partial charge in [-0.05, 0) is 24.3 Å². The van der Waals surface area contributed by atoms with Crippen LogP contribution in [0, 0.1) is 5.82 Å². The highest BCUT2D eigenvalue weighted by Gasteiger charge is 2.24. The molecule has 1 unspecified atom stereocenters. The van der Waals surface area contributed by atoms with E-state index in [2.05, 4.69) is 0 Å². The average molecular weight is 291 g/mol. The number of hydrogen-bond donors (Lipinski definition) is 2. The second-order valence-electron chi connectivity index (χ2n) is 3.83. The minimum atomic E-state index is -2.85. The van der Waals surface area contributed by atoms with Crippen molar-refractivity contribution in [2.45, 2.75) is 18.9 Å². The molecule has 110 valence electrons. The maximum atomic E-state index is 12.6. The van der Waals surface area contributed by atoms with E-state index in [0.717, 1.165) is 12.1 Å². The Morgan fingerprint density at radius 1 is 1.25 bits per heavy atom. The quantitative estimate of drug-likeness (QED) is 0.797. The number of carbonyl (C=O) groups excluding carboxylic acids is 1. The van der Waals surface area contributed by atoms with Gasteiger partial charge in [0.1, 0.15) is 17.6 Å². The molecule has 0 aromatic heterocycles. The molecule has 0 fully saturated rings. The summed E-state index contributed by atoms with van der Waals surface area (Å²) < 4.78 is 41.8. The highest BCUT2D eigenvalue weighted by atomic mass is 19.3. The number of hydrogen-bond acceptors (Lipinski definition) is 3. The van der Waals surface area contributed by atoms with Gasteiger partial charge in [0.2, 0.25) is 6.43 Å². The van der Waals surface area contributed by atoms with Crippen molar-refractivity contribution in [2.24, 2.45) is 0 Å². The number of amides is 1. The third-order valence-electron chi connectivity index (χ3n) is 2.23. The number of carboxylic acid groups (broad SMARTS) is 1. The molecule has 0 saturated heterocycles. The summed E-state index contributed by atoms with van der Waals surface area (Å²) in [4.78, 5) is 22.0. The summed E-state index contributed by atoms with van der Waals surface area (Å²) in [5, 5.41) is 10.6. The zero-order valence-corrected chi connectivity index (χ0v) is 10.2. The zero-order valence-electron chi connectivity index (χ0n) is 10.2. The van der Waals surface area contributed by atoms with Crippen LogP contribution in [-0.2, 0) is 9.59 Å². The lowest BCUT2D eigenvalue weighted by atomic mass is 10.2. The molecule has 1 rings (SSSR count). The molecule has 0 aliphatic carbocycles. The Morgan fingerprint density at radius 3 is 2.35 bits per heavy atom. The third-order valence-corrected chi connectivity index (χ3v) is 2.23. The predicted molar refractivity (Wildman–Crippen MR) is 62.1 cm³/mol. The van der Waals surface area contributed by atoms with Gasteiger partial charge in [0.05, 0.1) is 0 Å². The van der Waals surface area contributed by atoms with Crippen LogP contribution in [0.5, 0.6) is 5.75 Å². The molecule has 0 aliphatic rings. The number of rotatable bonds is 7. The maximum absolute atomic E-state index is 12.6. The van der Waals surface area contributed by atoms with Gasteiger partial charge < -0.3 is 15.2 Å². The van der Waals surface area contributed by atoms with Gasteiger partial charge in [-0.3, -0.25) is 4.79 Å². The van der Waals surface area contributed by atoms with Crippen molar-refractivity contribution in [3.05, 3.63) is 30.1 Å². The lowest BCUT2D eigenvalue weighted by Crippen LogP contribution is -2.44. The van der Waals surface area contributed by atoms with Gasteiger partial charge in [-0.15, -0.1) is 0 Å². The molecule has 0 saturated carbocycles. The number of ether oxygens (including phenoxy) is 1. The third kappa shape index (κ3) is 5.59. The molecule has 2 N–H and O–H groups in total. The summed E-state index contributed by atoms with van der Waals surface area (Å²) in [6, 6.07) is 3.10. The number of carbonyl (C=O) groups is 2. The van der Waals surface area contributed by atoms with Crippen molar-refractivity contribution in [1.29, 1.82) is 0 Å². The molecule has 0 radical (unpaired) electrons. The van der Waals surface area contributed by atoms with Crippen LogP contribution >= 0.6 is 0 Å². The second-order valence-corrected chi connectivity index (χ2v) is 3.83. The van der Waals surface area contributed by atoms with Crippen LogP contribution in [0.4, 0.5) is 13.2 Å². The van der Waals surface area contributed by atoms with E-state index in [9.17, 15) is 22.8 Å². The Morgan fingerprint density at radius 2 is 1.85 bits per heavy atom. The van der Waals surface area contributed by atoms with Gasteiger partial charge in [0.15, 0.2) is 6.61 Å². The first kappa shape index (κ1) is 15.8. The van der Waals surface area contributed by atoms with Gasteiger partial charge in [-0.25, -0.2) is 18.0 Å². The Balaban J connectivity index is 2.45. The number of nitrogens with one attached hydrogen (secondary N) is 1. The van der Waals surface area contributed by atoms with Gasteiger partial charge in [0.25, 0.3) is 5.91 Å². The van der Waals surface area contributed by atoms with E-state index < -0.39 is 43.2 Å². The lowest BCUT2D eigenvalue weighted by Gasteiger charge is -2.14. The van der Waals surface area contributed by atoms with E-state index in [1.54, 1.807) is 0 Å². The fourth-order valence-corrected chi connectivity index (χ4v) is 1.32. The van der Waals surface area contributed by atoms with Crippen LogP contribution in [0.15, 0.2) is 24.3 Å². The molecule has 0 spiro atoms. The molecule has 1 aromatic rings. The first-order valence-corrected chi connectivity index (χ1v) is 5.57. The summed E-state index contributed by atoms with van der Waals surface area (Å²) in [7, 11) is 0. The van der Waals surface area contributed by atoms with Gasteiger partial charge >= 0.3 is 5.97 Å². The Kier molecular flexibility index (Phi) is 5.82. The summed E-state index contributed by atoms with van der Waals surface area (Å²) in [5.41, 5.74) is 0. The monoisotopic (exact) mass is 291 g/mol. The summed E-state index contributed by atoms with van der Waals surface area (Å²) in [6.45, 7) is -0.557. The van der Waals surface area contributed by atoms with E-state index in [4.69, 9.17) is 9.84 Å². The van der Waals surface area contributed by atoms with Gasteiger partial charge in [-0.2, -0.15) is 0 Å². The molecule has 8 heteroatoms. The van der Waals surface area contributed by atoms with Crippen molar-refractivity contribution < 1.29 is 32.6 Å². The number of halogens is 3. The number of alkyl halides is 2. The van der Waals surface area contributed by atoms with Crippen LogP contribution < -0.4 is 10.1 Å². The first-order valence-electron chi connectivity index (χ1n) is 5.57. The fourth-order valence-electron chi connectivity index (χ4n) is 1.32. The molecular formula is C12H12F3NO4. The standard InChI is InChI=1S/C12H12F3NO4/c13-7-1-3-8(4-2-7)20-6-11(17)16-9(12(18)19)5-10(14)15/h1-4,9-10H,5-6H2,(H,16,17)(H,18,19). The Labute approximate surface area is 112 Å². The number of aliphatic carboxylic acids is 1. The van der Waals surface area contributed by atoms with E-state index in [0.29, 0.717) is 0 Å². The molecule has 20 heavy (non-hydrogen) atoms. The SMILES string of the molecule is O=C(COc1ccc(F)cc1)NC(CC(F)F)C(=O)O. The topological polar surface area (TPSA) is 75.6 Å². The van der Waals surface area contributed by atoms with Crippen LogP contribution in [0.3, 0.4) is 0 Å². The first-order chi connectivity index (χ1) is 9.38. The highest BCUT2D eigenvalue weighted by Crippen LogP contribution is 2.11. The van der Waals surface area contributed by atoms with E-state index in [1.807, 2.05) is 5.32 Å². The van der Waals surface area contributed by atoms with E-state index in [1.165, 1.54) is 12.1 Å². The van der Waals surface area contributed by atoms with Crippen LogP contribution in [0.1, 0.15) is 6.42 Å². The molecule has 1 aromatic carbocycles. The largest absolute Gasteiger partial charge is 0.484 e. The molecule has 0 heterocycles. The number of carboxylic acids is 1. The van der Waals surface area contributed by atoms with Gasteiger partial charge in [0, 0.05) is 6.42 Å². The normalized spacial score (nSPS) is 12.0.